The summed E-state index contributed by atoms with van der Waals surface area (Å²) in [5.74, 6) is 1.58. The van der Waals surface area contributed by atoms with Gasteiger partial charge in [0.25, 0.3) is 0 Å². The summed E-state index contributed by atoms with van der Waals surface area (Å²) >= 11 is 1.31. The molecule has 4 aromatic rings. The van der Waals surface area contributed by atoms with E-state index >= 15 is 0 Å². The zero-order chi connectivity index (χ0) is 21.8. The largest absolute Gasteiger partial charge is 0.497 e. The Morgan fingerprint density at radius 2 is 1.81 bits per heavy atom. The fourth-order valence-corrected chi connectivity index (χ4v) is 3.38. The van der Waals surface area contributed by atoms with E-state index in [4.69, 9.17) is 9.26 Å². The van der Waals surface area contributed by atoms with E-state index in [0.29, 0.717) is 28.9 Å². The molecule has 0 saturated carbocycles. The van der Waals surface area contributed by atoms with Crippen molar-refractivity contribution in [3.63, 3.8) is 0 Å². The first-order valence-electron chi connectivity index (χ1n) is 8.94. The quantitative estimate of drug-likeness (QED) is 0.391. The summed E-state index contributed by atoms with van der Waals surface area (Å²) in [6, 6.07) is 12.1. The standard InChI is InChI=1S/C19H15F3N6O2S/c1-29-15-8-2-12(3-9-15)10-28-18(24-26-27-28)31-11-16-23-17(25-30-16)13-4-6-14(7-5-13)19(20,21)22/h2-9H,10-11H2,1H3. The van der Waals surface area contributed by atoms with Gasteiger partial charge >= 0.3 is 6.18 Å². The molecule has 0 aliphatic carbocycles. The summed E-state index contributed by atoms with van der Waals surface area (Å²) in [5.41, 5.74) is 0.689. The molecule has 2 aromatic heterocycles. The monoisotopic (exact) mass is 448 g/mol. The van der Waals surface area contributed by atoms with Crippen LogP contribution in [0.15, 0.2) is 58.2 Å². The van der Waals surface area contributed by atoms with Crippen molar-refractivity contribution in [2.45, 2.75) is 23.6 Å². The molecule has 0 fully saturated rings. The number of hydrogen-bond donors (Lipinski definition) is 0. The molecule has 2 heterocycles. The predicted molar refractivity (Wildman–Crippen MR) is 104 cm³/mol. The minimum absolute atomic E-state index is 0.210. The van der Waals surface area contributed by atoms with Gasteiger partial charge in [-0.1, -0.05) is 41.2 Å². The second-order valence-electron chi connectivity index (χ2n) is 6.34. The first-order chi connectivity index (χ1) is 14.9. The molecule has 12 heteroatoms. The van der Waals surface area contributed by atoms with Gasteiger partial charge in [0.15, 0.2) is 0 Å². The summed E-state index contributed by atoms with van der Waals surface area (Å²) < 4.78 is 50.1. The lowest BCUT2D eigenvalue weighted by Gasteiger charge is -2.05. The highest BCUT2D eigenvalue weighted by Crippen LogP contribution is 2.30. The fourth-order valence-electron chi connectivity index (χ4n) is 2.67. The third kappa shape index (κ3) is 5.02. The lowest BCUT2D eigenvalue weighted by Crippen LogP contribution is -2.04. The van der Waals surface area contributed by atoms with E-state index in [0.717, 1.165) is 23.4 Å². The minimum Gasteiger partial charge on any atom is -0.497 e. The molecule has 0 atom stereocenters. The molecule has 0 bridgehead atoms. The maximum absolute atomic E-state index is 12.7. The van der Waals surface area contributed by atoms with E-state index in [1.807, 2.05) is 24.3 Å². The van der Waals surface area contributed by atoms with Crippen molar-refractivity contribution in [3.05, 3.63) is 65.5 Å². The minimum atomic E-state index is -4.40. The van der Waals surface area contributed by atoms with Gasteiger partial charge in [-0.3, -0.25) is 0 Å². The Labute approximate surface area is 178 Å². The Morgan fingerprint density at radius 1 is 1.06 bits per heavy atom. The number of rotatable bonds is 7. The van der Waals surface area contributed by atoms with Crippen LogP contribution in [0.3, 0.4) is 0 Å². The highest BCUT2D eigenvalue weighted by Gasteiger charge is 2.30. The van der Waals surface area contributed by atoms with Crippen LogP contribution >= 0.6 is 11.8 Å². The van der Waals surface area contributed by atoms with Crippen LogP contribution in [0.4, 0.5) is 13.2 Å². The molecule has 0 saturated heterocycles. The van der Waals surface area contributed by atoms with Gasteiger partial charge in [-0.2, -0.15) is 18.2 Å². The van der Waals surface area contributed by atoms with Crippen LogP contribution in [0, 0.1) is 0 Å². The van der Waals surface area contributed by atoms with E-state index < -0.39 is 11.7 Å². The third-order valence-corrected chi connectivity index (χ3v) is 5.20. The Balaban J connectivity index is 1.39. The molecular formula is C19H15F3N6O2S. The molecule has 0 radical (unpaired) electrons. The Kier molecular flexibility index (Phi) is 5.89. The number of aromatic nitrogens is 6. The van der Waals surface area contributed by atoms with Crippen LogP contribution < -0.4 is 4.74 Å². The number of alkyl halides is 3. The molecular weight excluding hydrogens is 433 g/mol. The van der Waals surface area contributed by atoms with Crippen LogP contribution in [0.5, 0.6) is 5.75 Å². The average molecular weight is 448 g/mol. The van der Waals surface area contributed by atoms with E-state index in [9.17, 15) is 13.2 Å². The summed E-state index contributed by atoms with van der Waals surface area (Å²) in [4.78, 5) is 4.23. The summed E-state index contributed by atoms with van der Waals surface area (Å²) in [7, 11) is 1.60. The molecule has 31 heavy (non-hydrogen) atoms. The Morgan fingerprint density at radius 3 is 2.48 bits per heavy atom. The first-order valence-corrected chi connectivity index (χ1v) is 9.93. The van der Waals surface area contributed by atoms with Crippen LogP contribution in [0.25, 0.3) is 11.4 Å². The summed E-state index contributed by atoms with van der Waals surface area (Å²) in [6.45, 7) is 0.472. The van der Waals surface area contributed by atoms with E-state index in [2.05, 4.69) is 25.7 Å². The summed E-state index contributed by atoms with van der Waals surface area (Å²) in [6.07, 6.45) is -4.40. The van der Waals surface area contributed by atoms with Gasteiger partial charge in [0.05, 0.1) is 25.0 Å². The van der Waals surface area contributed by atoms with Crippen LogP contribution in [-0.4, -0.2) is 37.5 Å². The first kappa shape index (κ1) is 20.8. The van der Waals surface area contributed by atoms with Crippen molar-refractivity contribution < 1.29 is 22.4 Å². The average Bonchev–Trinajstić information content (AvgIpc) is 3.42. The molecule has 0 unspecified atom stereocenters. The highest BCUT2D eigenvalue weighted by atomic mass is 32.2. The van der Waals surface area contributed by atoms with Crippen molar-refractivity contribution in [1.29, 1.82) is 0 Å². The van der Waals surface area contributed by atoms with Crippen molar-refractivity contribution >= 4 is 11.8 Å². The van der Waals surface area contributed by atoms with Crippen LogP contribution in [0.1, 0.15) is 17.0 Å². The second kappa shape index (κ2) is 8.76. The number of halogens is 3. The predicted octanol–water partition coefficient (Wildman–Crippen LogP) is 4.09. The van der Waals surface area contributed by atoms with Gasteiger partial charge in [0.2, 0.25) is 16.9 Å². The number of benzene rings is 2. The lowest BCUT2D eigenvalue weighted by molar-refractivity contribution is -0.137. The normalized spacial score (nSPS) is 11.6. The van der Waals surface area contributed by atoms with Gasteiger partial charge in [-0.05, 0) is 40.3 Å². The van der Waals surface area contributed by atoms with Gasteiger partial charge in [0.1, 0.15) is 5.75 Å². The second-order valence-corrected chi connectivity index (χ2v) is 7.29. The number of ether oxygens (including phenoxy) is 1. The van der Waals surface area contributed by atoms with Crippen molar-refractivity contribution in [3.8, 4) is 17.1 Å². The third-order valence-electron chi connectivity index (χ3n) is 4.25. The number of hydrogen-bond acceptors (Lipinski definition) is 8. The maximum atomic E-state index is 12.7. The van der Waals surface area contributed by atoms with Crippen LogP contribution in [0.2, 0.25) is 0 Å². The summed E-state index contributed by atoms with van der Waals surface area (Å²) in [5, 5.41) is 16.1. The Bertz CT molecular complexity index is 1140. The molecule has 0 amide bonds. The molecule has 0 N–H and O–H groups in total. The van der Waals surface area contributed by atoms with E-state index in [1.165, 1.54) is 23.9 Å². The number of tetrazole rings is 1. The molecule has 4 rings (SSSR count). The smallest absolute Gasteiger partial charge is 0.416 e. The number of thioether (sulfide) groups is 1. The lowest BCUT2D eigenvalue weighted by atomic mass is 10.1. The topological polar surface area (TPSA) is 91.8 Å². The van der Waals surface area contributed by atoms with Gasteiger partial charge < -0.3 is 9.26 Å². The van der Waals surface area contributed by atoms with E-state index in [1.54, 1.807) is 11.8 Å². The van der Waals surface area contributed by atoms with Crippen LogP contribution in [-0.2, 0) is 18.5 Å². The van der Waals surface area contributed by atoms with Crippen molar-refractivity contribution in [2.24, 2.45) is 0 Å². The molecule has 8 nitrogen and oxygen atoms in total. The maximum Gasteiger partial charge on any atom is 0.416 e. The number of nitrogens with zero attached hydrogens (tertiary/aromatic N) is 6. The molecule has 2 aromatic carbocycles. The van der Waals surface area contributed by atoms with E-state index in [-0.39, 0.29) is 5.82 Å². The Hall–Kier alpha value is -3.41. The van der Waals surface area contributed by atoms with Crippen molar-refractivity contribution in [1.82, 2.24) is 30.3 Å². The molecule has 0 aliphatic rings. The molecule has 160 valence electrons. The zero-order valence-corrected chi connectivity index (χ0v) is 16.9. The zero-order valence-electron chi connectivity index (χ0n) is 16.1. The highest BCUT2D eigenvalue weighted by molar-refractivity contribution is 7.98. The number of methoxy groups -OCH3 is 1. The van der Waals surface area contributed by atoms with Gasteiger partial charge in [-0.15, -0.1) is 5.10 Å². The fraction of sp³-hybridized carbons (Fsp3) is 0.211. The van der Waals surface area contributed by atoms with Gasteiger partial charge in [-0.25, -0.2) is 4.68 Å². The van der Waals surface area contributed by atoms with Gasteiger partial charge in [0, 0.05) is 5.56 Å². The van der Waals surface area contributed by atoms with Crippen molar-refractivity contribution in [2.75, 3.05) is 7.11 Å². The molecule has 0 spiro atoms. The molecule has 0 aliphatic heterocycles. The SMILES string of the molecule is COc1ccc(Cn2nnnc2SCc2nc(-c3ccc(C(F)(F)F)cc3)no2)cc1.